The Morgan fingerprint density at radius 2 is 1.43 bits per heavy atom. The lowest BCUT2D eigenvalue weighted by atomic mass is 9.99. The van der Waals surface area contributed by atoms with Crippen LogP contribution in [0.4, 0.5) is 22.0 Å². The van der Waals surface area contributed by atoms with E-state index in [0.717, 1.165) is 24.3 Å². The van der Waals surface area contributed by atoms with Crippen LogP contribution < -0.4 is 0 Å². The molecule has 21 heavy (non-hydrogen) atoms. The molecule has 1 atom stereocenters. The second kappa shape index (κ2) is 5.81. The summed E-state index contributed by atoms with van der Waals surface area (Å²) in [4.78, 5) is 0. The van der Waals surface area contributed by atoms with Gasteiger partial charge in [-0.3, -0.25) is 0 Å². The number of aliphatic hydroxyl groups excluding tert-OH is 1. The zero-order chi connectivity index (χ0) is 15.6. The largest absolute Gasteiger partial charge is 0.416 e. The highest BCUT2D eigenvalue weighted by Crippen LogP contribution is 2.30. The highest BCUT2D eigenvalue weighted by atomic mass is 19.4. The molecular weight excluding hydrogens is 291 g/mol. The Balaban J connectivity index is 2.18. The van der Waals surface area contributed by atoms with Crippen LogP contribution in [0, 0.1) is 11.6 Å². The fourth-order valence-electron chi connectivity index (χ4n) is 1.98. The van der Waals surface area contributed by atoms with Crippen LogP contribution in [0.15, 0.2) is 42.5 Å². The summed E-state index contributed by atoms with van der Waals surface area (Å²) in [6.07, 6.45) is -6.10. The number of benzene rings is 2. The first kappa shape index (κ1) is 15.4. The second-order valence-electron chi connectivity index (χ2n) is 4.55. The van der Waals surface area contributed by atoms with Crippen molar-refractivity contribution in [3.8, 4) is 0 Å². The Bertz CT molecular complexity index is 599. The summed E-state index contributed by atoms with van der Waals surface area (Å²) < 4.78 is 64.2. The van der Waals surface area contributed by atoms with Gasteiger partial charge in [-0.05, 0) is 29.8 Å². The van der Waals surface area contributed by atoms with Crippen molar-refractivity contribution < 1.29 is 27.1 Å². The molecule has 0 amide bonds. The molecule has 0 fully saturated rings. The zero-order valence-corrected chi connectivity index (χ0v) is 10.7. The van der Waals surface area contributed by atoms with Gasteiger partial charge in [0.25, 0.3) is 0 Å². The topological polar surface area (TPSA) is 20.2 Å². The van der Waals surface area contributed by atoms with Gasteiger partial charge in [0, 0.05) is 6.42 Å². The number of halogens is 5. The third-order valence-electron chi connectivity index (χ3n) is 3.04. The van der Waals surface area contributed by atoms with E-state index < -0.39 is 35.0 Å². The number of alkyl halides is 3. The van der Waals surface area contributed by atoms with E-state index >= 15 is 0 Å². The molecule has 0 spiro atoms. The summed E-state index contributed by atoms with van der Waals surface area (Å²) in [6.45, 7) is 0. The van der Waals surface area contributed by atoms with E-state index in [1.807, 2.05) is 0 Å². The molecule has 0 heterocycles. The Morgan fingerprint density at radius 3 is 1.90 bits per heavy atom. The molecule has 0 aliphatic carbocycles. The maximum absolute atomic E-state index is 13.5. The lowest BCUT2D eigenvalue weighted by molar-refractivity contribution is -0.137. The average molecular weight is 302 g/mol. The van der Waals surface area contributed by atoms with E-state index in [0.29, 0.717) is 5.56 Å². The molecule has 0 aliphatic rings. The predicted octanol–water partition coefficient (Wildman–Crippen LogP) is 4.26. The minimum Gasteiger partial charge on any atom is -0.388 e. The smallest absolute Gasteiger partial charge is 0.388 e. The van der Waals surface area contributed by atoms with Crippen molar-refractivity contribution in [1.82, 2.24) is 0 Å². The molecule has 0 aromatic heterocycles. The summed E-state index contributed by atoms with van der Waals surface area (Å²) >= 11 is 0. The van der Waals surface area contributed by atoms with Gasteiger partial charge < -0.3 is 5.11 Å². The molecule has 112 valence electrons. The number of rotatable bonds is 3. The van der Waals surface area contributed by atoms with Crippen LogP contribution in [0.2, 0.25) is 0 Å². The first-order chi connectivity index (χ1) is 9.79. The maximum atomic E-state index is 13.5. The van der Waals surface area contributed by atoms with Crippen molar-refractivity contribution in [3.63, 3.8) is 0 Å². The molecule has 0 aliphatic heterocycles. The summed E-state index contributed by atoms with van der Waals surface area (Å²) in [5, 5.41) is 9.86. The Morgan fingerprint density at radius 1 is 0.905 bits per heavy atom. The van der Waals surface area contributed by atoms with Gasteiger partial charge in [0.05, 0.1) is 17.2 Å². The highest BCUT2D eigenvalue weighted by Gasteiger charge is 2.30. The minimum atomic E-state index is -4.45. The summed E-state index contributed by atoms with van der Waals surface area (Å²) in [5.41, 5.74) is -0.964. The predicted molar refractivity (Wildman–Crippen MR) is 66.5 cm³/mol. The molecule has 2 aromatic carbocycles. The fourth-order valence-corrected chi connectivity index (χ4v) is 1.98. The SMILES string of the molecule is OC(Cc1ccc(C(F)(F)F)cc1)c1c(F)cccc1F. The Kier molecular flexibility index (Phi) is 4.27. The van der Waals surface area contributed by atoms with Crippen LogP contribution in [0.1, 0.15) is 22.8 Å². The average Bonchev–Trinajstić information content (AvgIpc) is 2.38. The van der Waals surface area contributed by atoms with Crippen molar-refractivity contribution in [3.05, 3.63) is 70.8 Å². The van der Waals surface area contributed by atoms with Gasteiger partial charge in [-0.25, -0.2) is 8.78 Å². The van der Waals surface area contributed by atoms with Crippen molar-refractivity contribution in [2.45, 2.75) is 18.7 Å². The van der Waals surface area contributed by atoms with E-state index in [1.165, 1.54) is 18.2 Å². The molecule has 2 rings (SSSR count). The van der Waals surface area contributed by atoms with Crippen LogP contribution in [0.3, 0.4) is 0 Å². The highest BCUT2D eigenvalue weighted by molar-refractivity contribution is 5.28. The Hall–Kier alpha value is -1.95. The fraction of sp³-hybridized carbons (Fsp3) is 0.200. The quantitative estimate of drug-likeness (QED) is 0.840. The summed E-state index contributed by atoms with van der Waals surface area (Å²) in [7, 11) is 0. The van der Waals surface area contributed by atoms with Crippen molar-refractivity contribution in [2.75, 3.05) is 0 Å². The number of hydrogen-bond donors (Lipinski definition) is 1. The molecule has 1 nitrogen and oxygen atoms in total. The summed E-state index contributed by atoms with van der Waals surface area (Å²) in [5.74, 6) is -1.79. The van der Waals surface area contributed by atoms with Crippen LogP contribution >= 0.6 is 0 Å². The van der Waals surface area contributed by atoms with Gasteiger partial charge >= 0.3 is 6.18 Å². The first-order valence-electron chi connectivity index (χ1n) is 6.07. The first-order valence-corrected chi connectivity index (χ1v) is 6.07. The summed E-state index contributed by atoms with van der Waals surface area (Å²) in [6, 6.07) is 7.25. The van der Waals surface area contributed by atoms with Gasteiger partial charge in [0.15, 0.2) is 0 Å². The van der Waals surface area contributed by atoms with Gasteiger partial charge in [0.1, 0.15) is 11.6 Å². The standard InChI is InChI=1S/C15H11F5O/c16-11-2-1-3-12(17)14(11)13(21)8-9-4-6-10(7-5-9)15(18,19)20/h1-7,13,21H,8H2. The lowest BCUT2D eigenvalue weighted by Crippen LogP contribution is -2.08. The second-order valence-corrected chi connectivity index (χ2v) is 4.55. The van der Waals surface area contributed by atoms with E-state index in [9.17, 15) is 27.1 Å². The monoisotopic (exact) mass is 302 g/mol. The van der Waals surface area contributed by atoms with Crippen molar-refractivity contribution in [2.24, 2.45) is 0 Å². The van der Waals surface area contributed by atoms with E-state index in [-0.39, 0.29) is 6.42 Å². The third-order valence-corrected chi connectivity index (χ3v) is 3.04. The minimum absolute atomic E-state index is 0.185. The Labute approximate surface area is 117 Å². The van der Waals surface area contributed by atoms with Gasteiger partial charge in [0.2, 0.25) is 0 Å². The molecule has 0 saturated carbocycles. The van der Waals surface area contributed by atoms with E-state index in [2.05, 4.69) is 0 Å². The number of aliphatic hydroxyl groups is 1. The van der Waals surface area contributed by atoms with E-state index in [1.54, 1.807) is 0 Å². The maximum Gasteiger partial charge on any atom is 0.416 e. The molecule has 0 saturated heterocycles. The molecule has 1 unspecified atom stereocenters. The molecule has 2 aromatic rings. The van der Waals surface area contributed by atoms with Gasteiger partial charge in [-0.15, -0.1) is 0 Å². The van der Waals surface area contributed by atoms with E-state index in [4.69, 9.17) is 0 Å². The normalized spacial score (nSPS) is 13.2. The van der Waals surface area contributed by atoms with Crippen molar-refractivity contribution in [1.29, 1.82) is 0 Å². The molecule has 1 N–H and O–H groups in total. The van der Waals surface area contributed by atoms with Crippen LogP contribution in [-0.2, 0) is 12.6 Å². The lowest BCUT2D eigenvalue weighted by Gasteiger charge is -2.13. The van der Waals surface area contributed by atoms with Crippen LogP contribution in [-0.4, -0.2) is 5.11 Å². The van der Waals surface area contributed by atoms with Crippen molar-refractivity contribution >= 4 is 0 Å². The van der Waals surface area contributed by atoms with Gasteiger partial charge in [-0.1, -0.05) is 18.2 Å². The molecule has 0 bridgehead atoms. The number of hydrogen-bond acceptors (Lipinski definition) is 1. The molecule has 6 heteroatoms. The van der Waals surface area contributed by atoms with Gasteiger partial charge in [-0.2, -0.15) is 13.2 Å². The molecular formula is C15H11F5O. The van der Waals surface area contributed by atoms with Crippen LogP contribution in [0.5, 0.6) is 0 Å². The third kappa shape index (κ3) is 3.58. The zero-order valence-electron chi connectivity index (χ0n) is 10.7. The van der Waals surface area contributed by atoms with Crippen LogP contribution in [0.25, 0.3) is 0 Å². The molecule has 0 radical (unpaired) electrons.